The fourth-order valence-corrected chi connectivity index (χ4v) is 5.29. The summed E-state index contributed by atoms with van der Waals surface area (Å²) in [6.45, 7) is 0.204. The molecule has 1 saturated heterocycles. The van der Waals surface area contributed by atoms with Gasteiger partial charge in [-0.15, -0.1) is 0 Å². The molecule has 0 radical (unpaired) electrons. The number of esters is 1. The van der Waals surface area contributed by atoms with Crippen molar-refractivity contribution >= 4 is 45.1 Å². The topological polar surface area (TPSA) is 136 Å². The van der Waals surface area contributed by atoms with Gasteiger partial charge in [0.25, 0.3) is 0 Å². The monoisotopic (exact) mass is 479 g/mol. The Kier molecular flexibility index (Phi) is 7.17. The largest absolute Gasteiger partial charge is 0.465 e. The number of amides is 2. The minimum atomic E-state index is -3.95. The zero-order valence-electron chi connectivity index (χ0n) is 17.2. The van der Waals surface area contributed by atoms with Gasteiger partial charge in [-0.05, 0) is 43.2 Å². The number of ether oxygens (including phenoxy) is 1. The summed E-state index contributed by atoms with van der Waals surface area (Å²) in [5.74, 6) is -2.18. The van der Waals surface area contributed by atoms with E-state index in [1.54, 1.807) is 6.07 Å². The second kappa shape index (κ2) is 9.68. The van der Waals surface area contributed by atoms with Crippen LogP contribution < -0.4 is 11.1 Å². The first-order valence-corrected chi connectivity index (χ1v) is 11.5. The molecule has 9 nitrogen and oxygen atoms in total. The minimum Gasteiger partial charge on any atom is -0.465 e. The van der Waals surface area contributed by atoms with Gasteiger partial charge in [0.1, 0.15) is 0 Å². The van der Waals surface area contributed by atoms with Crippen LogP contribution in [0.15, 0.2) is 47.4 Å². The van der Waals surface area contributed by atoms with E-state index in [4.69, 9.17) is 17.3 Å². The molecule has 2 aromatic carbocycles. The Bertz CT molecular complexity index is 1160. The van der Waals surface area contributed by atoms with Crippen molar-refractivity contribution in [2.75, 3.05) is 25.5 Å². The van der Waals surface area contributed by atoms with Gasteiger partial charge in [-0.2, -0.15) is 4.31 Å². The van der Waals surface area contributed by atoms with Crippen LogP contribution in [0.3, 0.4) is 0 Å². The van der Waals surface area contributed by atoms with Crippen LogP contribution in [-0.2, 0) is 19.6 Å². The average Bonchev–Trinajstić information content (AvgIpc) is 2.79. The van der Waals surface area contributed by atoms with Crippen molar-refractivity contribution in [3.05, 3.63) is 58.6 Å². The van der Waals surface area contributed by atoms with E-state index in [0.29, 0.717) is 0 Å². The number of anilines is 1. The van der Waals surface area contributed by atoms with Crippen LogP contribution in [0.1, 0.15) is 33.6 Å². The molecule has 3 rings (SSSR count). The normalized spacial score (nSPS) is 15.2. The Hall–Kier alpha value is -2.95. The van der Waals surface area contributed by atoms with Gasteiger partial charge < -0.3 is 15.8 Å². The molecule has 0 bridgehead atoms. The van der Waals surface area contributed by atoms with Crippen LogP contribution >= 0.6 is 11.6 Å². The second-order valence-electron chi connectivity index (χ2n) is 7.21. The molecule has 1 aliphatic heterocycles. The summed E-state index contributed by atoms with van der Waals surface area (Å²) in [6, 6.07) is 10.1. The van der Waals surface area contributed by atoms with Gasteiger partial charge in [0.15, 0.2) is 0 Å². The highest BCUT2D eigenvalue weighted by atomic mass is 35.5. The number of hydrogen-bond acceptors (Lipinski definition) is 6. The van der Waals surface area contributed by atoms with E-state index < -0.39 is 27.8 Å². The Morgan fingerprint density at radius 3 is 2.41 bits per heavy atom. The van der Waals surface area contributed by atoms with Crippen LogP contribution in [0.25, 0.3) is 0 Å². The van der Waals surface area contributed by atoms with E-state index in [0.717, 1.165) is 0 Å². The quantitative estimate of drug-likeness (QED) is 0.610. The first-order valence-electron chi connectivity index (χ1n) is 9.73. The number of hydrogen-bond donors (Lipinski definition) is 2. The number of carbonyl (C=O) groups excluding carboxylic acids is 3. The van der Waals surface area contributed by atoms with Gasteiger partial charge in [-0.3, -0.25) is 9.59 Å². The lowest BCUT2D eigenvalue weighted by molar-refractivity contribution is -0.120. The number of nitrogens with zero attached hydrogens (tertiary/aromatic N) is 1. The van der Waals surface area contributed by atoms with Crippen LogP contribution in [0.4, 0.5) is 5.69 Å². The van der Waals surface area contributed by atoms with Crippen molar-refractivity contribution in [2.45, 2.75) is 17.7 Å². The summed E-state index contributed by atoms with van der Waals surface area (Å²) in [5.41, 5.74) is 5.68. The summed E-state index contributed by atoms with van der Waals surface area (Å²) in [6.07, 6.45) is 0.553. The molecule has 1 heterocycles. The summed E-state index contributed by atoms with van der Waals surface area (Å²) in [4.78, 5) is 35.9. The minimum absolute atomic E-state index is 0.0427. The van der Waals surface area contributed by atoms with E-state index in [-0.39, 0.29) is 58.6 Å². The first kappa shape index (κ1) is 23.7. The third kappa shape index (κ3) is 4.93. The highest BCUT2D eigenvalue weighted by molar-refractivity contribution is 7.89. The summed E-state index contributed by atoms with van der Waals surface area (Å²) >= 11 is 6.09. The molecule has 2 amide bonds. The lowest BCUT2D eigenvalue weighted by atomic mass is 9.97. The van der Waals surface area contributed by atoms with Crippen LogP contribution in [-0.4, -0.2) is 50.7 Å². The van der Waals surface area contributed by atoms with Crippen molar-refractivity contribution in [3.8, 4) is 0 Å². The number of methoxy groups -OCH3 is 1. The standard InChI is InChI=1S/C21H22ClN3O6S/c1-31-21(28)15-4-2-3-5-18(15)32(29,30)25-10-8-13(9-11-25)20(27)24-17-12-14(19(23)26)6-7-16(17)22/h2-7,12-13H,8-11H2,1H3,(H2,23,26)(H,24,27). The highest BCUT2D eigenvalue weighted by Crippen LogP contribution is 2.28. The molecule has 0 spiro atoms. The number of sulfonamides is 1. The zero-order chi connectivity index (χ0) is 23.5. The molecule has 0 aliphatic carbocycles. The Morgan fingerprint density at radius 2 is 1.78 bits per heavy atom. The molecule has 0 atom stereocenters. The van der Waals surface area contributed by atoms with E-state index >= 15 is 0 Å². The molecule has 1 fully saturated rings. The van der Waals surface area contributed by atoms with E-state index in [1.165, 1.54) is 47.8 Å². The molecule has 1 aliphatic rings. The molecular formula is C21H22ClN3O6S. The fourth-order valence-electron chi connectivity index (χ4n) is 3.48. The van der Waals surface area contributed by atoms with Crippen molar-refractivity contribution in [2.24, 2.45) is 11.7 Å². The number of benzene rings is 2. The number of primary amides is 1. The van der Waals surface area contributed by atoms with Gasteiger partial charge in [-0.25, -0.2) is 13.2 Å². The molecule has 11 heteroatoms. The Labute approximate surface area is 190 Å². The first-order chi connectivity index (χ1) is 15.1. The van der Waals surface area contributed by atoms with Gasteiger partial charge in [0.2, 0.25) is 21.8 Å². The second-order valence-corrected chi connectivity index (χ2v) is 9.53. The number of nitrogens with one attached hydrogen (secondary N) is 1. The third-order valence-corrected chi connectivity index (χ3v) is 7.53. The third-order valence-electron chi connectivity index (χ3n) is 5.24. The van der Waals surface area contributed by atoms with E-state index in [1.807, 2.05) is 0 Å². The number of nitrogens with two attached hydrogens (primary N) is 1. The predicted molar refractivity (Wildman–Crippen MR) is 118 cm³/mol. The van der Waals surface area contributed by atoms with Gasteiger partial charge in [0.05, 0.1) is 28.3 Å². The van der Waals surface area contributed by atoms with E-state index in [2.05, 4.69) is 10.1 Å². The molecule has 0 aromatic heterocycles. The molecule has 32 heavy (non-hydrogen) atoms. The SMILES string of the molecule is COC(=O)c1ccccc1S(=O)(=O)N1CCC(C(=O)Nc2cc(C(N)=O)ccc2Cl)CC1. The number of rotatable bonds is 6. The van der Waals surface area contributed by atoms with Gasteiger partial charge >= 0.3 is 5.97 Å². The number of halogens is 1. The predicted octanol–water partition coefficient (Wildman–Crippen LogP) is 2.26. The molecule has 170 valence electrons. The van der Waals surface area contributed by atoms with Crippen LogP contribution in [0.5, 0.6) is 0 Å². The average molecular weight is 480 g/mol. The van der Waals surface area contributed by atoms with Crippen molar-refractivity contribution in [1.82, 2.24) is 4.31 Å². The lowest BCUT2D eigenvalue weighted by Gasteiger charge is -2.31. The van der Waals surface area contributed by atoms with Crippen molar-refractivity contribution in [3.63, 3.8) is 0 Å². The van der Waals surface area contributed by atoms with E-state index in [9.17, 15) is 22.8 Å². The van der Waals surface area contributed by atoms with Crippen LogP contribution in [0.2, 0.25) is 5.02 Å². The smallest absolute Gasteiger partial charge is 0.339 e. The lowest BCUT2D eigenvalue weighted by Crippen LogP contribution is -2.41. The molecular weight excluding hydrogens is 458 g/mol. The Balaban J connectivity index is 1.70. The van der Waals surface area contributed by atoms with Crippen molar-refractivity contribution in [1.29, 1.82) is 0 Å². The van der Waals surface area contributed by atoms with Gasteiger partial charge in [-0.1, -0.05) is 23.7 Å². The summed E-state index contributed by atoms with van der Waals surface area (Å²) in [7, 11) is -2.77. The van der Waals surface area contributed by atoms with Crippen molar-refractivity contribution < 1.29 is 27.5 Å². The number of piperidine rings is 1. The molecule has 0 unspecified atom stereocenters. The maximum absolute atomic E-state index is 13.1. The maximum Gasteiger partial charge on any atom is 0.339 e. The Morgan fingerprint density at radius 1 is 1.12 bits per heavy atom. The summed E-state index contributed by atoms with van der Waals surface area (Å²) < 4.78 is 32.1. The van der Waals surface area contributed by atoms with Crippen LogP contribution in [0, 0.1) is 5.92 Å². The molecule has 0 saturated carbocycles. The molecule has 3 N–H and O–H groups in total. The molecule has 2 aromatic rings. The zero-order valence-corrected chi connectivity index (χ0v) is 18.8. The van der Waals surface area contributed by atoms with Gasteiger partial charge in [0, 0.05) is 24.6 Å². The number of carbonyl (C=O) groups is 3. The summed E-state index contributed by atoms with van der Waals surface area (Å²) in [5, 5.41) is 2.94. The maximum atomic E-state index is 13.1. The highest BCUT2D eigenvalue weighted by Gasteiger charge is 2.34. The fraction of sp³-hybridized carbons (Fsp3) is 0.286.